The lowest BCUT2D eigenvalue weighted by atomic mass is 10.2. The van der Waals surface area contributed by atoms with Crippen LogP contribution < -0.4 is 15.6 Å². The quantitative estimate of drug-likeness (QED) is 0.283. The lowest BCUT2D eigenvalue weighted by molar-refractivity contribution is -0.384. The van der Waals surface area contributed by atoms with Gasteiger partial charge in [-0.1, -0.05) is 36.6 Å². The molecule has 1 aromatic heterocycles. The lowest BCUT2D eigenvalue weighted by Gasteiger charge is -2.21. The Labute approximate surface area is 195 Å². The van der Waals surface area contributed by atoms with Gasteiger partial charge in [-0.15, -0.1) is 0 Å². The zero-order valence-electron chi connectivity index (χ0n) is 17.8. The van der Waals surface area contributed by atoms with Crippen molar-refractivity contribution in [1.82, 2.24) is 15.0 Å². The van der Waals surface area contributed by atoms with Gasteiger partial charge in [-0.3, -0.25) is 10.1 Å². The minimum absolute atomic E-state index is 0.0142. The normalized spacial score (nSPS) is 14.2. The zero-order chi connectivity index (χ0) is 23.0. The fraction of sp³-hybridized carbons (Fsp3) is 0.273. The molecule has 2 aromatic carbocycles. The number of hydrogen-bond donors (Lipinski definition) is 2. The summed E-state index contributed by atoms with van der Waals surface area (Å²) >= 11 is 5.92. The fourth-order valence-corrected chi connectivity index (χ4v) is 3.52. The Hall–Kier alpha value is -3.79. The number of non-ortho nitro benzene ring substituents is 1. The first kappa shape index (κ1) is 22.4. The van der Waals surface area contributed by atoms with E-state index in [1.54, 1.807) is 30.5 Å². The molecule has 0 unspecified atom stereocenters. The molecular weight excluding hydrogens is 444 g/mol. The minimum Gasteiger partial charge on any atom is -0.341 e. The number of rotatable bonds is 7. The maximum Gasteiger partial charge on any atom is 0.269 e. The molecule has 3 aromatic rings. The van der Waals surface area contributed by atoms with Crippen LogP contribution in [0.1, 0.15) is 31.2 Å². The molecule has 0 amide bonds. The molecule has 1 fully saturated rings. The summed E-state index contributed by atoms with van der Waals surface area (Å²) in [4.78, 5) is 26.1. The summed E-state index contributed by atoms with van der Waals surface area (Å²) in [6.45, 7) is 1.74. The molecular formula is C22H23ClN8O2. The van der Waals surface area contributed by atoms with E-state index in [1.165, 1.54) is 25.0 Å². The summed E-state index contributed by atoms with van der Waals surface area (Å²) in [5, 5.41) is 18.9. The predicted molar refractivity (Wildman–Crippen MR) is 130 cm³/mol. The summed E-state index contributed by atoms with van der Waals surface area (Å²) in [7, 11) is 0. The maximum atomic E-state index is 10.9. The molecule has 0 bridgehead atoms. The Balaban J connectivity index is 1.56. The largest absolute Gasteiger partial charge is 0.341 e. The highest BCUT2D eigenvalue weighted by Gasteiger charge is 2.16. The molecule has 0 atom stereocenters. The van der Waals surface area contributed by atoms with Crippen molar-refractivity contribution >= 4 is 47.0 Å². The fourth-order valence-electron chi connectivity index (χ4n) is 3.39. The van der Waals surface area contributed by atoms with Crippen molar-refractivity contribution in [3.05, 3.63) is 69.2 Å². The highest BCUT2D eigenvalue weighted by molar-refractivity contribution is 6.30. The van der Waals surface area contributed by atoms with Crippen LogP contribution in [-0.4, -0.2) is 39.2 Å². The van der Waals surface area contributed by atoms with Gasteiger partial charge < -0.3 is 10.2 Å². The Kier molecular flexibility index (Phi) is 7.26. The molecule has 1 aliphatic rings. The highest BCUT2D eigenvalue weighted by atomic mass is 35.5. The van der Waals surface area contributed by atoms with E-state index in [0.29, 0.717) is 28.6 Å². The molecule has 0 spiro atoms. The molecule has 33 heavy (non-hydrogen) atoms. The maximum absolute atomic E-state index is 10.9. The van der Waals surface area contributed by atoms with Crippen LogP contribution in [0.3, 0.4) is 0 Å². The van der Waals surface area contributed by atoms with E-state index in [-0.39, 0.29) is 5.69 Å². The van der Waals surface area contributed by atoms with Gasteiger partial charge in [0.1, 0.15) is 0 Å². The SMILES string of the molecule is O=[N+]([O-])c1ccc(Nc2nc(N/N=C/c3ccc(Cl)cc3)nc(N3CCCCCC3)n2)cc1. The van der Waals surface area contributed by atoms with Crippen LogP contribution in [0.2, 0.25) is 5.02 Å². The van der Waals surface area contributed by atoms with E-state index in [9.17, 15) is 10.1 Å². The molecule has 2 N–H and O–H groups in total. The van der Waals surface area contributed by atoms with Gasteiger partial charge in [-0.2, -0.15) is 20.1 Å². The van der Waals surface area contributed by atoms with Crippen molar-refractivity contribution < 1.29 is 4.92 Å². The van der Waals surface area contributed by atoms with Gasteiger partial charge in [0.2, 0.25) is 17.8 Å². The third-order valence-corrected chi connectivity index (χ3v) is 5.35. The topological polar surface area (TPSA) is 121 Å². The number of halogens is 1. The third kappa shape index (κ3) is 6.36. The van der Waals surface area contributed by atoms with Gasteiger partial charge >= 0.3 is 0 Å². The van der Waals surface area contributed by atoms with Crippen LogP contribution in [0, 0.1) is 10.1 Å². The Morgan fingerprint density at radius 2 is 1.61 bits per heavy atom. The van der Waals surface area contributed by atoms with Gasteiger partial charge in [0, 0.05) is 35.9 Å². The zero-order valence-corrected chi connectivity index (χ0v) is 18.6. The number of hydrazone groups is 1. The van der Waals surface area contributed by atoms with Crippen LogP contribution in [0.5, 0.6) is 0 Å². The van der Waals surface area contributed by atoms with Crippen molar-refractivity contribution in [1.29, 1.82) is 0 Å². The van der Waals surface area contributed by atoms with Crippen molar-refractivity contribution in [2.24, 2.45) is 5.10 Å². The summed E-state index contributed by atoms with van der Waals surface area (Å²) < 4.78 is 0. The smallest absolute Gasteiger partial charge is 0.269 e. The van der Waals surface area contributed by atoms with Crippen LogP contribution in [0.4, 0.5) is 29.2 Å². The average Bonchev–Trinajstić information content (AvgIpc) is 3.10. The Bertz CT molecular complexity index is 1110. The number of hydrogen-bond acceptors (Lipinski definition) is 9. The number of nitrogens with one attached hydrogen (secondary N) is 2. The number of nitro benzene ring substituents is 1. The average molecular weight is 467 g/mol. The second kappa shape index (κ2) is 10.7. The summed E-state index contributed by atoms with van der Waals surface area (Å²) in [6, 6.07) is 13.4. The van der Waals surface area contributed by atoms with Gasteiger partial charge in [0.25, 0.3) is 5.69 Å². The van der Waals surface area contributed by atoms with Crippen LogP contribution in [0.15, 0.2) is 53.6 Å². The second-order valence-corrected chi connectivity index (χ2v) is 7.97. The van der Waals surface area contributed by atoms with E-state index in [2.05, 4.69) is 35.7 Å². The van der Waals surface area contributed by atoms with Crippen molar-refractivity contribution in [3.8, 4) is 0 Å². The molecule has 2 heterocycles. The van der Waals surface area contributed by atoms with Gasteiger partial charge in [-0.25, -0.2) is 5.43 Å². The number of anilines is 4. The van der Waals surface area contributed by atoms with Gasteiger partial charge in [0.05, 0.1) is 11.1 Å². The molecule has 0 aliphatic carbocycles. The monoisotopic (exact) mass is 466 g/mol. The molecule has 11 heteroatoms. The van der Waals surface area contributed by atoms with E-state index in [4.69, 9.17) is 11.6 Å². The number of benzene rings is 2. The second-order valence-electron chi connectivity index (χ2n) is 7.53. The van der Waals surface area contributed by atoms with Crippen LogP contribution >= 0.6 is 11.6 Å². The minimum atomic E-state index is -0.440. The van der Waals surface area contributed by atoms with E-state index >= 15 is 0 Å². The van der Waals surface area contributed by atoms with E-state index in [0.717, 1.165) is 31.5 Å². The molecule has 0 saturated carbocycles. The van der Waals surface area contributed by atoms with Crippen molar-refractivity contribution in [3.63, 3.8) is 0 Å². The number of aromatic nitrogens is 3. The molecule has 4 rings (SSSR count). The molecule has 10 nitrogen and oxygen atoms in total. The van der Waals surface area contributed by atoms with Crippen LogP contribution in [-0.2, 0) is 0 Å². The van der Waals surface area contributed by atoms with Gasteiger partial charge in [0.15, 0.2) is 0 Å². The molecule has 1 aliphatic heterocycles. The van der Waals surface area contributed by atoms with E-state index in [1.807, 2.05) is 12.1 Å². The van der Waals surface area contributed by atoms with Crippen molar-refractivity contribution in [2.45, 2.75) is 25.7 Å². The molecule has 0 radical (unpaired) electrons. The first-order valence-corrected chi connectivity index (χ1v) is 11.0. The number of nitro groups is 1. The van der Waals surface area contributed by atoms with Crippen molar-refractivity contribution in [2.75, 3.05) is 28.7 Å². The highest BCUT2D eigenvalue weighted by Crippen LogP contribution is 2.22. The first-order valence-electron chi connectivity index (χ1n) is 10.6. The molecule has 1 saturated heterocycles. The van der Waals surface area contributed by atoms with E-state index < -0.39 is 4.92 Å². The standard InChI is InChI=1S/C22H23ClN8O2/c23-17-7-5-16(6-8-17)15-24-29-21-26-20(25-18-9-11-19(12-10-18)31(32)33)27-22(28-21)30-13-3-1-2-4-14-30/h5-12,15H,1-4,13-14H2,(H2,25,26,27,28,29)/b24-15+. The lowest BCUT2D eigenvalue weighted by Crippen LogP contribution is -2.26. The van der Waals surface area contributed by atoms with Gasteiger partial charge in [-0.05, 0) is 42.7 Å². The summed E-state index contributed by atoms with van der Waals surface area (Å²) in [5.74, 6) is 1.17. The summed E-state index contributed by atoms with van der Waals surface area (Å²) in [5.41, 5.74) is 4.39. The first-order chi connectivity index (χ1) is 16.1. The number of nitrogens with zero attached hydrogens (tertiary/aromatic N) is 6. The predicted octanol–water partition coefficient (Wildman–Crippen LogP) is 5.00. The Morgan fingerprint density at radius 1 is 0.939 bits per heavy atom. The third-order valence-electron chi connectivity index (χ3n) is 5.09. The molecule has 170 valence electrons. The summed E-state index contributed by atoms with van der Waals surface area (Å²) in [6.07, 6.45) is 6.18. The van der Waals surface area contributed by atoms with Crippen LogP contribution in [0.25, 0.3) is 0 Å². The Morgan fingerprint density at radius 3 is 2.27 bits per heavy atom.